The quantitative estimate of drug-likeness (QED) is 0.670. The average Bonchev–Trinajstić information content (AvgIpc) is 2.97. The lowest BCUT2D eigenvalue weighted by Gasteiger charge is -2.11. The van der Waals surface area contributed by atoms with Gasteiger partial charge < -0.3 is 4.57 Å². The predicted octanol–water partition coefficient (Wildman–Crippen LogP) is 4.93. The van der Waals surface area contributed by atoms with Crippen LogP contribution < -0.4 is 0 Å². The van der Waals surface area contributed by atoms with Crippen LogP contribution >= 0.6 is 0 Å². The van der Waals surface area contributed by atoms with Crippen LogP contribution in [0.5, 0.6) is 0 Å². The van der Waals surface area contributed by atoms with E-state index >= 15 is 0 Å². The van der Waals surface area contributed by atoms with E-state index in [0.29, 0.717) is 17.9 Å². The number of aromatic nitrogens is 2. The van der Waals surface area contributed by atoms with Crippen molar-refractivity contribution >= 4 is 0 Å². The van der Waals surface area contributed by atoms with Crippen molar-refractivity contribution in [2.24, 2.45) is 0 Å². The zero-order valence-corrected chi connectivity index (χ0v) is 12.5. The highest BCUT2D eigenvalue weighted by atomic mass is 19.4. The molecule has 2 aromatic carbocycles. The average molecular weight is 316 g/mol. The Bertz CT molecular complexity index is 802. The van der Waals surface area contributed by atoms with Gasteiger partial charge in [-0.05, 0) is 30.2 Å². The number of aryl methyl sites for hydroxylation is 1. The van der Waals surface area contributed by atoms with Gasteiger partial charge in [-0.15, -0.1) is 0 Å². The highest BCUT2D eigenvalue weighted by molar-refractivity contribution is 5.56. The van der Waals surface area contributed by atoms with Gasteiger partial charge in [-0.2, -0.15) is 13.2 Å². The SMILES string of the molecule is Cc1ccccc1Cn1ccnc1-c1ccc(C(F)(F)F)cc1. The number of benzene rings is 2. The van der Waals surface area contributed by atoms with Crippen molar-refractivity contribution in [2.45, 2.75) is 19.6 Å². The lowest BCUT2D eigenvalue weighted by molar-refractivity contribution is -0.137. The fourth-order valence-corrected chi connectivity index (χ4v) is 2.48. The maximum Gasteiger partial charge on any atom is 0.416 e. The predicted molar refractivity (Wildman–Crippen MR) is 82.9 cm³/mol. The first kappa shape index (κ1) is 15.3. The summed E-state index contributed by atoms with van der Waals surface area (Å²) in [6, 6.07) is 13.1. The molecule has 1 aromatic heterocycles. The Kier molecular flexibility index (Phi) is 3.94. The highest BCUT2D eigenvalue weighted by Crippen LogP contribution is 2.30. The smallest absolute Gasteiger partial charge is 0.327 e. The largest absolute Gasteiger partial charge is 0.416 e. The van der Waals surface area contributed by atoms with E-state index in [1.807, 2.05) is 42.0 Å². The molecule has 2 nitrogen and oxygen atoms in total. The second-order valence-corrected chi connectivity index (χ2v) is 5.38. The molecule has 0 N–H and O–H groups in total. The zero-order chi connectivity index (χ0) is 16.4. The molecule has 0 unspecified atom stereocenters. The van der Waals surface area contributed by atoms with Gasteiger partial charge >= 0.3 is 6.18 Å². The molecule has 0 saturated carbocycles. The van der Waals surface area contributed by atoms with Gasteiger partial charge in [0.2, 0.25) is 0 Å². The molecule has 23 heavy (non-hydrogen) atoms. The molecule has 118 valence electrons. The minimum absolute atomic E-state index is 0.628. The van der Waals surface area contributed by atoms with Crippen molar-refractivity contribution in [3.63, 3.8) is 0 Å². The van der Waals surface area contributed by atoms with E-state index in [1.165, 1.54) is 17.7 Å². The molecule has 0 aliphatic rings. The summed E-state index contributed by atoms with van der Waals surface area (Å²) in [6.07, 6.45) is -0.834. The summed E-state index contributed by atoms with van der Waals surface area (Å²) in [5.74, 6) is 0.655. The lowest BCUT2D eigenvalue weighted by Crippen LogP contribution is -2.05. The molecular weight excluding hydrogens is 301 g/mol. The van der Waals surface area contributed by atoms with Gasteiger partial charge in [0.15, 0.2) is 0 Å². The molecule has 0 fully saturated rings. The molecule has 0 spiro atoms. The fraction of sp³-hybridized carbons (Fsp3) is 0.167. The van der Waals surface area contributed by atoms with Crippen molar-refractivity contribution in [3.05, 3.63) is 77.6 Å². The molecule has 0 amide bonds. The minimum atomic E-state index is -4.32. The number of imidazole rings is 1. The van der Waals surface area contributed by atoms with Crippen molar-refractivity contribution < 1.29 is 13.2 Å². The summed E-state index contributed by atoms with van der Waals surface area (Å²) >= 11 is 0. The van der Waals surface area contributed by atoms with Gasteiger partial charge in [0.1, 0.15) is 5.82 Å². The van der Waals surface area contributed by atoms with Gasteiger partial charge in [0.05, 0.1) is 5.56 Å². The highest BCUT2D eigenvalue weighted by Gasteiger charge is 2.30. The van der Waals surface area contributed by atoms with E-state index in [1.54, 1.807) is 6.20 Å². The van der Waals surface area contributed by atoms with Crippen LogP contribution in [0.4, 0.5) is 13.2 Å². The third-order valence-corrected chi connectivity index (χ3v) is 3.79. The first-order valence-corrected chi connectivity index (χ1v) is 7.18. The topological polar surface area (TPSA) is 17.8 Å². The van der Waals surface area contributed by atoms with E-state index in [0.717, 1.165) is 17.7 Å². The molecule has 3 rings (SSSR count). The van der Waals surface area contributed by atoms with Gasteiger partial charge in [-0.3, -0.25) is 0 Å². The van der Waals surface area contributed by atoms with Crippen LogP contribution in [0.2, 0.25) is 0 Å². The Hall–Kier alpha value is -2.56. The normalized spacial score (nSPS) is 11.7. The fourth-order valence-electron chi connectivity index (χ4n) is 2.48. The third kappa shape index (κ3) is 3.28. The summed E-state index contributed by atoms with van der Waals surface area (Å²) in [5, 5.41) is 0. The van der Waals surface area contributed by atoms with Gasteiger partial charge in [-0.25, -0.2) is 4.98 Å². The van der Waals surface area contributed by atoms with Crippen LogP contribution in [0.1, 0.15) is 16.7 Å². The summed E-state index contributed by atoms with van der Waals surface area (Å²) in [4.78, 5) is 4.29. The standard InChI is InChI=1S/C18H15F3N2/c1-13-4-2-3-5-15(13)12-23-11-10-22-17(23)14-6-8-16(9-7-14)18(19,20)21/h2-11H,12H2,1H3. The first-order chi connectivity index (χ1) is 10.9. The summed E-state index contributed by atoms with van der Waals surface area (Å²) in [7, 11) is 0. The van der Waals surface area contributed by atoms with Crippen molar-refractivity contribution in [1.29, 1.82) is 0 Å². The van der Waals surface area contributed by atoms with Crippen molar-refractivity contribution in [1.82, 2.24) is 9.55 Å². The monoisotopic (exact) mass is 316 g/mol. The van der Waals surface area contributed by atoms with Gasteiger partial charge in [0, 0.05) is 24.5 Å². The van der Waals surface area contributed by atoms with Crippen LogP contribution in [0, 0.1) is 6.92 Å². The number of hydrogen-bond donors (Lipinski definition) is 0. The van der Waals surface area contributed by atoms with Crippen LogP contribution in [0.15, 0.2) is 60.9 Å². The molecule has 0 atom stereocenters. The molecule has 1 heterocycles. The van der Waals surface area contributed by atoms with E-state index in [9.17, 15) is 13.2 Å². The lowest BCUT2D eigenvalue weighted by atomic mass is 10.1. The van der Waals surface area contributed by atoms with Crippen molar-refractivity contribution in [2.75, 3.05) is 0 Å². The molecule has 0 aliphatic carbocycles. The maximum absolute atomic E-state index is 12.7. The summed E-state index contributed by atoms with van der Waals surface area (Å²) in [5.41, 5.74) is 2.33. The van der Waals surface area contributed by atoms with E-state index in [-0.39, 0.29) is 0 Å². The zero-order valence-electron chi connectivity index (χ0n) is 12.5. The Morgan fingerprint density at radius 3 is 2.35 bits per heavy atom. The Labute approximate surface area is 132 Å². The number of hydrogen-bond acceptors (Lipinski definition) is 1. The van der Waals surface area contributed by atoms with Gasteiger partial charge in [0.25, 0.3) is 0 Å². The Morgan fingerprint density at radius 1 is 1.00 bits per heavy atom. The minimum Gasteiger partial charge on any atom is -0.327 e. The molecule has 0 bridgehead atoms. The number of halogens is 3. The number of rotatable bonds is 3. The second-order valence-electron chi connectivity index (χ2n) is 5.38. The number of alkyl halides is 3. The first-order valence-electron chi connectivity index (χ1n) is 7.18. The third-order valence-electron chi connectivity index (χ3n) is 3.79. The second kappa shape index (κ2) is 5.91. The molecular formula is C18H15F3N2. The Balaban J connectivity index is 1.91. The van der Waals surface area contributed by atoms with Gasteiger partial charge in [-0.1, -0.05) is 36.4 Å². The van der Waals surface area contributed by atoms with Crippen LogP contribution in [0.3, 0.4) is 0 Å². The van der Waals surface area contributed by atoms with E-state index in [2.05, 4.69) is 4.98 Å². The summed E-state index contributed by atoms with van der Waals surface area (Å²) in [6.45, 7) is 2.66. The molecule has 3 aromatic rings. The molecule has 5 heteroatoms. The summed E-state index contributed by atoms with van der Waals surface area (Å²) < 4.78 is 39.9. The number of nitrogens with zero attached hydrogens (tertiary/aromatic N) is 2. The van der Waals surface area contributed by atoms with Crippen molar-refractivity contribution in [3.8, 4) is 11.4 Å². The van der Waals surface area contributed by atoms with Crippen LogP contribution in [-0.4, -0.2) is 9.55 Å². The van der Waals surface area contributed by atoms with E-state index in [4.69, 9.17) is 0 Å². The maximum atomic E-state index is 12.7. The van der Waals surface area contributed by atoms with E-state index < -0.39 is 11.7 Å². The molecule has 0 radical (unpaired) electrons. The molecule has 0 saturated heterocycles. The van der Waals surface area contributed by atoms with Crippen LogP contribution in [0.25, 0.3) is 11.4 Å². The molecule has 0 aliphatic heterocycles. The Morgan fingerprint density at radius 2 is 1.70 bits per heavy atom. The van der Waals surface area contributed by atoms with Crippen LogP contribution in [-0.2, 0) is 12.7 Å².